The van der Waals surface area contributed by atoms with Crippen LogP contribution in [0.1, 0.15) is 50.2 Å². The number of fused-ring (bicyclic) bond motifs is 3. The molecule has 2 amide bonds. The SMILES string of the molecule is CCC[C@H](CC(=O)N[C@H](C)C(=O)O)NC(=O)OCC1c2ccccc2-c2ccccc21. The van der Waals surface area contributed by atoms with E-state index in [1.54, 1.807) is 0 Å². The summed E-state index contributed by atoms with van der Waals surface area (Å²) in [6.07, 6.45) is 0.754. The Morgan fingerprint density at radius 1 is 1.00 bits per heavy atom. The zero-order valence-electron chi connectivity index (χ0n) is 17.8. The summed E-state index contributed by atoms with van der Waals surface area (Å²) in [5.74, 6) is -1.57. The van der Waals surface area contributed by atoms with Crippen LogP contribution in [0.25, 0.3) is 11.1 Å². The van der Waals surface area contributed by atoms with Crippen molar-refractivity contribution in [2.75, 3.05) is 6.61 Å². The number of carboxylic acid groups (broad SMARTS) is 1. The number of carbonyl (C=O) groups is 3. The first-order chi connectivity index (χ1) is 14.9. The summed E-state index contributed by atoms with van der Waals surface area (Å²) in [5.41, 5.74) is 4.56. The van der Waals surface area contributed by atoms with Gasteiger partial charge in [0.15, 0.2) is 0 Å². The van der Waals surface area contributed by atoms with Gasteiger partial charge in [-0.3, -0.25) is 9.59 Å². The Bertz CT molecular complexity index is 913. The molecular weight excluding hydrogens is 396 g/mol. The van der Waals surface area contributed by atoms with Crippen LogP contribution in [0.3, 0.4) is 0 Å². The lowest BCUT2D eigenvalue weighted by atomic mass is 9.98. The molecule has 31 heavy (non-hydrogen) atoms. The van der Waals surface area contributed by atoms with Gasteiger partial charge in [0.1, 0.15) is 12.6 Å². The summed E-state index contributed by atoms with van der Waals surface area (Å²) in [7, 11) is 0. The predicted molar refractivity (Wildman–Crippen MR) is 117 cm³/mol. The molecule has 0 saturated heterocycles. The molecule has 1 aliphatic carbocycles. The summed E-state index contributed by atoms with van der Waals surface area (Å²) in [5, 5.41) is 14.1. The molecule has 2 aromatic carbocycles. The van der Waals surface area contributed by atoms with Crippen molar-refractivity contribution in [3.05, 3.63) is 59.7 Å². The third kappa shape index (κ3) is 5.42. The molecule has 0 radical (unpaired) electrons. The minimum atomic E-state index is -1.11. The van der Waals surface area contributed by atoms with Crippen LogP contribution in [-0.2, 0) is 14.3 Å². The number of nitrogens with one attached hydrogen (secondary N) is 2. The minimum absolute atomic E-state index is 0.00431. The monoisotopic (exact) mass is 424 g/mol. The van der Waals surface area contributed by atoms with Gasteiger partial charge in [-0.2, -0.15) is 0 Å². The van der Waals surface area contributed by atoms with Crippen LogP contribution < -0.4 is 10.6 Å². The van der Waals surface area contributed by atoms with Crippen LogP contribution in [0.5, 0.6) is 0 Å². The number of rotatable bonds is 9. The standard InChI is InChI=1S/C24H28N2O5/c1-3-8-16(13-22(27)25-15(2)23(28)29)26-24(30)31-14-21-19-11-6-4-9-17(19)18-10-5-7-12-20(18)21/h4-7,9-12,15-16,21H,3,8,13-14H2,1-2H3,(H,25,27)(H,26,30)(H,28,29)/t15-,16-/m1/s1. The van der Waals surface area contributed by atoms with Gasteiger partial charge in [0.05, 0.1) is 0 Å². The van der Waals surface area contributed by atoms with Gasteiger partial charge in [0.2, 0.25) is 5.91 Å². The van der Waals surface area contributed by atoms with E-state index in [1.165, 1.54) is 6.92 Å². The lowest BCUT2D eigenvalue weighted by Gasteiger charge is -2.20. The lowest BCUT2D eigenvalue weighted by Crippen LogP contribution is -2.43. The molecule has 0 unspecified atom stereocenters. The number of aliphatic carboxylic acids is 1. The molecule has 164 valence electrons. The lowest BCUT2D eigenvalue weighted by molar-refractivity contribution is -0.141. The molecular formula is C24H28N2O5. The third-order valence-electron chi connectivity index (χ3n) is 5.48. The van der Waals surface area contributed by atoms with Crippen molar-refractivity contribution in [3.63, 3.8) is 0 Å². The fourth-order valence-corrected chi connectivity index (χ4v) is 3.97. The average Bonchev–Trinajstić information content (AvgIpc) is 3.06. The zero-order valence-corrected chi connectivity index (χ0v) is 17.8. The largest absolute Gasteiger partial charge is 0.480 e. The van der Waals surface area contributed by atoms with Crippen LogP contribution in [0.15, 0.2) is 48.5 Å². The number of hydrogen-bond acceptors (Lipinski definition) is 4. The van der Waals surface area contributed by atoms with Crippen molar-refractivity contribution in [1.82, 2.24) is 10.6 Å². The van der Waals surface area contributed by atoms with E-state index in [0.29, 0.717) is 6.42 Å². The van der Waals surface area contributed by atoms with Gasteiger partial charge in [-0.25, -0.2) is 4.79 Å². The maximum absolute atomic E-state index is 12.5. The highest BCUT2D eigenvalue weighted by atomic mass is 16.5. The van der Waals surface area contributed by atoms with E-state index in [9.17, 15) is 14.4 Å². The Balaban J connectivity index is 1.59. The van der Waals surface area contributed by atoms with Crippen LogP contribution in [0, 0.1) is 0 Å². The Hall–Kier alpha value is -3.35. The smallest absolute Gasteiger partial charge is 0.407 e. The predicted octanol–water partition coefficient (Wildman–Crippen LogP) is 3.67. The quantitative estimate of drug-likeness (QED) is 0.570. The number of amides is 2. The first-order valence-corrected chi connectivity index (χ1v) is 10.5. The van der Waals surface area contributed by atoms with E-state index in [0.717, 1.165) is 28.7 Å². The molecule has 7 nitrogen and oxygen atoms in total. The van der Waals surface area contributed by atoms with Gasteiger partial charge in [0, 0.05) is 18.4 Å². The van der Waals surface area contributed by atoms with Crippen molar-refractivity contribution in [3.8, 4) is 11.1 Å². The van der Waals surface area contributed by atoms with E-state index >= 15 is 0 Å². The van der Waals surface area contributed by atoms with E-state index in [-0.39, 0.29) is 18.9 Å². The molecule has 1 aliphatic rings. The van der Waals surface area contributed by atoms with Gasteiger partial charge in [0.25, 0.3) is 0 Å². The fourth-order valence-electron chi connectivity index (χ4n) is 3.97. The maximum Gasteiger partial charge on any atom is 0.407 e. The minimum Gasteiger partial charge on any atom is -0.480 e. The highest BCUT2D eigenvalue weighted by Gasteiger charge is 2.29. The Kier molecular flexibility index (Phi) is 7.28. The topological polar surface area (TPSA) is 105 Å². The number of hydrogen-bond donors (Lipinski definition) is 3. The fraction of sp³-hybridized carbons (Fsp3) is 0.375. The van der Waals surface area contributed by atoms with Crippen LogP contribution in [0.2, 0.25) is 0 Å². The molecule has 0 spiro atoms. The van der Waals surface area contributed by atoms with Crippen molar-refractivity contribution in [2.45, 2.75) is 51.1 Å². The molecule has 2 atom stereocenters. The number of carbonyl (C=O) groups excluding carboxylic acids is 2. The summed E-state index contributed by atoms with van der Waals surface area (Å²) in [4.78, 5) is 35.5. The second kappa shape index (κ2) is 10.1. The van der Waals surface area contributed by atoms with E-state index < -0.39 is 30.1 Å². The molecule has 2 aromatic rings. The van der Waals surface area contributed by atoms with Crippen molar-refractivity contribution in [1.29, 1.82) is 0 Å². The van der Waals surface area contributed by atoms with Crippen LogP contribution in [0.4, 0.5) is 4.79 Å². The molecule has 3 N–H and O–H groups in total. The molecule has 3 rings (SSSR count). The van der Waals surface area contributed by atoms with Gasteiger partial charge in [-0.05, 0) is 35.6 Å². The van der Waals surface area contributed by atoms with E-state index in [2.05, 4.69) is 34.9 Å². The highest BCUT2D eigenvalue weighted by molar-refractivity contribution is 5.84. The summed E-state index contributed by atoms with van der Waals surface area (Å²) >= 11 is 0. The molecule has 0 aromatic heterocycles. The van der Waals surface area contributed by atoms with Gasteiger partial charge in [-0.1, -0.05) is 61.9 Å². The first kappa shape index (κ1) is 22.3. The molecule has 0 bridgehead atoms. The van der Waals surface area contributed by atoms with E-state index in [4.69, 9.17) is 9.84 Å². The second-order valence-electron chi connectivity index (χ2n) is 7.79. The summed E-state index contributed by atoms with van der Waals surface area (Å²) < 4.78 is 5.54. The number of benzene rings is 2. The number of alkyl carbamates (subject to hydrolysis) is 1. The third-order valence-corrected chi connectivity index (χ3v) is 5.48. The van der Waals surface area contributed by atoms with Crippen molar-refractivity contribution >= 4 is 18.0 Å². The maximum atomic E-state index is 12.5. The average molecular weight is 424 g/mol. The molecule has 0 heterocycles. The Morgan fingerprint density at radius 2 is 1.58 bits per heavy atom. The summed E-state index contributed by atoms with van der Waals surface area (Å²) in [6, 6.07) is 14.8. The van der Waals surface area contributed by atoms with Crippen LogP contribution in [-0.4, -0.2) is 41.8 Å². The second-order valence-corrected chi connectivity index (χ2v) is 7.79. The molecule has 0 aliphatic heterocycles. The highest BCUT2D eigenvalue weighted by Crippen LogP contribution is 2.44. The van der Waals surface area contributed by atoms with Crippen molar-refractivity contribution in [2.24, 2.45) is 0 Å². The Morgan fingerprint density at radius 3 is 2.13 bits per heavy atom. The molecule has 7 heteroatoms. The molecule has 0 saturated carbocycles. The number of carboxylic acids is 1. The summed E-state index contributed by atoms with van der Waals surface area (Å²) in [6.45, 7) is 3.54. The van der Waals surface area contributed by atoms with Crippen molar-refractivity contribution < 1.29 is 24.2 Å². The van der Waals surface area contributed by atoms with Gasteiger partial charge in [-0.15, -0.1) is 0 Å². The van der Waals surface area contributed by atoms with Gasteiger partial charge < -0.3 is 20.5 Å². The number of ether oxygens (including phenoxy) is 1. The normalized spacial score (nSPS) is 14.1. The van der Waals surface area contributed by atoms with Gasteiger partial charge >= 0.3 is 12.1 Å². The zero-order chi connectivity index (χ0) is 22.4. The Labute approximate surface area is 181 Å². The first-order valence-electron chi connectivity index (χ1n) is 10.5. The van der Waals surface area contributed by atoms with E-state index in [1.807, 2.05) is 31.2 Å². The molecule has 0 fully saturated rings. The van der Waals surface area contributed by atoms with Crippen LogP contribution >= 0.6 is 0 Å².